The van der Waals surface area contributed by atoms with Crippen molar-refractivity contribution in [2.24, 2.45) is 7.05 Å². The number of carbonyl (C=O) groups excluding carboxylic acids is 1. The highest BCUT2D eigenvalue weighted by Gasteiger charge is 2.28. The van der Waals surface area contributed by atoms with Crippen LogP contribution in [0, 0.1) is 0 Å². The van der Waals surface area contributed by atoms with Crippen LogP contribution in [0.25, 0.3) is 0 Å². The van der Waals surface area contributed by atoms with E-state index in [1.165, 1.54) is 16.4 Å². The van der Waals surface area contributed by atoms with E-state index in [9.17, 15) is 13.2 Å². The molecule has 7 nitrogen and oxygen atoms in total. The molecule has 2 heterocycles. The van der Waals surface area contributed by atoms with E-state index >= 15 is 0 Å². The second-order valence-corrected chi connectivity index (χ2v) is 8.99. The van der Waals surface area contributed by atoms with Gasteiger partial charge in [0.2, 0.25) is 15.9 Å². The number of rotatable bonds is 6. The molecule has 27 heavy (non-hydrogen) atoms. The van der Waals surface area contributed by atoms with E-state index in [4.69, 9.17) is 11.6 Å². The first-order valence-corrected chi connectivity index (χ1v) is 10.7. The molecule has 0 spiro atoms. The van der Waals surface area contributed by atoms with Crippen LogP contribution >= 0.6 is 11.6 Å². The number of nitrogens with zero attached hydrogens (tertiary/aromatic N) is 3. The Morgan fingerprint density at radius 2 is 2.00 bits per heavy atom. The number of piperidine rings is 1. The highest BCUT2D eigenvalue weighted by atomic mass is 35.5. The van der Waals surface area contributed by atoms with Gasteiger partial charge in [0.25, 0.3) is 0 Å². The van der Waals surface area contributed by atoms with Crippen molar-refractivity contribution in [1.29, 1.82) is 0 Å². The standard InChI is InChI=1S/C18H23ClN4O3S/c1-22-13-14(12-20-22)5-8-18(24)21-15-6-7-16(19)17(11-15)27(25,26)23-9-3-2-4-10-23/h6-7,11-13H,2-5,8-10H2,1H3,(H,21,24). The highest BCUT2D eigenvalue weighted by Crippen LogP contribution is 2.29. The molecule has 0 aliphatic carbocycles. The second-order valence-electron chi connectivity index (χ2n) is 6.68. The van der Waals surface area contributed by atoms with Gasteiger partial charge in [0.1, 0.15) is 4.90 Å². The van der Waals surface area contributed by atoms with Crippen molar-refractivity contribution >= 4 is 33.2 Å². The maximum Gasteiger partial charge on any atom is 0.244 e. The molecule has 1 fully saturated rings. The number of amides is 1. The van der Waals surface area contributed by atoms with Crippen molar-refractivity contribution in [2.75, 3.05) is 18.4 Å². The molecule has 0 unspecified atom stereocenters. The summed E-state index contributed by atoms with van der Waals surface area (Å²) in [5, 5.41) is 6.99. The van der Waals surface area contributed by atoms with Crippen molar-refractivity contribution in [2.45, 2.75) is 37.0 Å². The Morgan fingerprint density at radius 1 is 1.26 bits per heavy atom. The fraction of sp³-hybridized carbons (Fsp3) is 0.444. The number of halogens is 1. The molecule has 1 aromatic carbocycles. The minimum atomic E-state index is -3.66. The van der Waals surface area contributed by atoms with Crippen LogP contribution < -0.4 is 5.32 Å². The Labute approximate surface area is 164 Å². The summed E-state index contributed by atoms with van der Waals surface area (Å²) in [5.74, 6) is -0.192. The van der Waals surface area contributed by atoms with E-state index in [0.717, 1.165) is 24.8 Å². The zero-order valence-corrected chi connectivity index (χ0v) is 16.8. The average Bonchev–Trinajstić information content (AvgIpc) is 3.07. The summed E-state index contributed by atoms with van der Waals surface area (Å²) in [6.45, 7) is 1.00. The summed E-state index contributed by atoms with van der Waals surface area (Å²) in [6.07, 6.45) is 7.16. The van der Waals surface area contributed by atoms with E-state index in [0.29, 0.717) is 25.2 Å². The van der Waals surface area contributed by atoms with Gasteiger partial charge in [-0.2, -0.15) is 9.40 Å². The van der Waals surface area contributed by atoms with Crippen LogP contribution in [-0.4, -0.2) is 41.5 Å². The molecule has 1 saturated heterocycles. The molecular weight excluding hydrogens is 388 g/mol. The van der Waals surface area contributed by atoms with Crippen molar-refractivity contribution in [3.8, 4) is 0 Å². The third kappa shape index (κ3) is 4.88. The number of anilines is 1. The molecule has 0 atom stereocenters. The van der Waals surface area contributed by atoms with E-state index in [2.05, 4.69) is 10.4 Å². The minimum absolute atomic E-state index is 0.0381. The molecule has 9 heteroatoms. The Kier molecular flexibility index (Phi) is 6.18. The second kappa shape index (κ2) is 8.41. The largest absolute Gasteiger partial charge is 0.326 e. The monoisotopic (exact) mass is 410 g/mol. The normalized spacial score (nSPS) is 15.6. The van der Waals surface area contributed by atoms with Gasteiger partial charge in [-0.05, 0) is 43.0 Å². The van der Waals surface area contributed by atoms with Crippen LogP contribution in [0.4, 0.5) is 5.69 Å². The number of aromatic nitrogens is 2. The minimum Gasteiger partial charge on any atom is -0.326 e. The summed E-state index contributed by atoms with van der Waals surface area (Å²) < 4.78 is 28.9. The number of sulfonamides is 1. The van der Waals surface area contributed by atoms with E-state index in [1.807, 2.05) is 13.2 Å². The molecule has 1 N–H and O–H groups in total. The topological polar surface area (TPSA) is 84.3 Å². The summed E-state index contributed by atoms with van der Waals surface area (Å²) in [5.41, 5.74) is 1.39. The van der Waals surface area contributed by atoms with Gasteiger partial charge >= 0.3 is 0 Å². The SMILES string of the molecule is Cn1cc(CCC(=O)Nc2ccc(Cl)c(S(=O)(=O)N3CCCCC3)c2)cn1. The average molecular weight is 411 g/mol. The van der Waals surface area contributed by atoms with Gasteiger partial charge < -0.3 is 5.32 Å². The van der Waals surface area contributed by atoms with Crippen molar-refractivity contribution in [3.05, 3.63) is 41.2 Å². The number of aryl methyl sites for hydroxylation is 2. The Bertz CT molecular complexity index is 920. The third-order valence-corrected chi connectivity index (χ3v) is 6.93. The lowest BCUT2D eigenvalue weighted by Gasteiger charge is -2.26. The zero-order chi connectivity index (χ0) is 19.4. The Hall–Kier alpha value is -1.90. The van der Waals surface area contributed by atoms with Gasteiger partial charge in [-0.15, -0.1) is 0 Å². The number of carbonyl (C=O) groups is 1. The fourth-order valence-electron chi connectivity index (χ4n) is 3.11. The molecule has 0 radical (unpaired) electrons. The van der Waals surface area contributed by atoms with Gasteiger partial charge in [-0.1, -0.05) is 18.0 Å². The van der Waals surface area contributed by atoms with Crippen LogP contribution in [0.2, 0.25) is 5.02 Å². The molecular formula is C18H23ClN4O3S. The fourth-order valence-corrected chi connectivity index (χ4v) is 5.12. The van der Waals surface area contributed by atoms with Crippen molar-refractivity contribution in [1.82, 2.24) is 14.1 Å². The quantitative estimate of drug-likeness (QED) is 0.793. The first-order valence-electron chi connectivity index (χ1n) is 8.93. The number of hydrogen-bond acceptors (Lipinski definition) is 4. The van der Waals surface area contributed by atoms with E-state index < -0.39 is 10.0 Å². The summed E-state index contributed by atoms with van der Waals surface area (Å²) >= 11 is 6.15. The van der Waals surface area contributed by atoms with Crippen LogP contribution in [0.3, 0.4) is 0 Å². The number of hydrogen-bond donors (Lipinski definition) is 1. The number of benzene rings is 1. The van der Waals surface area contributed by atoms with Crippen molar-refractivity contribution < 1.29 is 13.2 Å². The summed E-state index contributed by atoms with van der Waals surface area (Å²) in [6, 6.07) is 4.56. The van der Waals surface area contributed by atoms with Gasteiger partial charge in [-0.3, -0.25) is 9.48 Å². The van der Waals surface area contributed by atoms with Crippen LogP contribution in [0.15, 0.2) is 35.5 Å². The molecule has 146 valence electrons. The van der Waals surface area contributed by atoms with E-state index in [1.54, 1.807) is 16.9 Å². The molecule has 1 aliphatic rings. The molecule has 0 bridgehead atoms. The summed E-state index contributed by atoms with van der Waals surface area (Å²) in [7, 11) is -1.84. The van der Waals surface area contributed by atoms with Gasteiger partial charge in [0, 0.05) is 38.4 Å². The smallest absolute Gasteiger partial charge is 0.244 e. The van der Waals surface area contributed by atoms with Gasteiger partial charge in [0.05, 0.1) is 11.2 Å². The van der Waals surface area contributed by atoms with Gasteiger partial charge in [-0.25, -0.2) is 8.42 Å². The first kappa shape index (κ1) is 19.9. The van der Waals surface area contributed by atoms with E-state index in [-0.39, 0.29) is 22.2 Å². The first-order chi connectivity index (χ1) is 12.9. The van der Waals surface area contributed by atoms with Crippen molar-refractivity contribution in [3.63, 3.8) is 0 Å². The maximum atomic E-state index is 12.9. The maximum absolute atomic E-state index is 12.9. The lowest BCUT2D eigenvalue weighted by atomic mass is 10.2. The summed E-state index contributed by atoms with van der Waals surface area (Å²) in [4.78, 5) is 12.2. The molecule has 0 saturated carbocycles. The third-order valence-electron chi connectivity index (χ3n) is 4.55. The number of nitrogens with one attached hydrogen (secondary N) is 1. The predicted molar refractivity (Wildman–Crippen MR) is 104 cm³/mol. The molecule has 3 rings (SSSR count). The molecule has 1 aromatic heterocycles. The Balaban J connectivity index is 1.69. The lowest BCUT2D eigenvalue weighted by Crippen LogP contribution is -2.35. The van der Waals surface area contributed by atoms with Crippen LogP contribution in [-0.2, 0) is 28.3 Å². The lowest BCUT2D eigenvalue weighted by molar-refractivity contribution is -0.116. The van der Waals surface area contributed by atoms with Crippen LogP contribution in [0.5, 0.6) is 0 Å². The predicted octanol–water partition coefficient (Wildman–Crippen LogP) is 2.82. The van der Waals surface area contributed by atoms with Crippen LogP contribution in [0.1, 0.15) is 31.2 Å². The highest BCUT2D eigenvalue weighted by molar-refractivity contribution is 7.89. The molecule has 2 aromatic rings. The van der Waals surface area contributed by atoms with Gasteiger partial charge in [0.15, 0.2) is 0 Å². The molecule has 1 aliphatic heterocycles. The Morgan fingerprint density at radius 3 is 2.67 bits per heavy atom. The zero-order valence-electron chi connectivity index (χ0n) is 15.2. The molecule has 1 amide bonds.